The van der Waals surface area contributed by atoms with Crippen molar-refractivity contribution in [3.8, 4) is 0 Å². The zero-order valence-electron chi connectivity index (χ0n) is 11.6. The van der Waals surface area contributed by atoms with Gasteiger partial charge in [-0.3, -0.25) is 9.59 Å². The largest absolute Gasteiger partial charge is 0.481 e. The normalized spacial score (nSPS) is 30.4. The fourth-order valence-electron chi connectivity index (χ4n) is 2.63. The lowest BCUT2D eigenvalue weighted by molar-refractivity contribution is -0.142. The number of aliphatic hydroxyl groups is 1. The number of carbonyl (C=O) groups is 2. The van der Waals surface area contributed by atoms with Crippen molar-refractivity contribution in [1.29, 1.82) is 0 Å². The highest BCUT2D eigenvalue weighted by atomic mass is 16.4. The van der Waals surface area contributed by atoms with E-state index >= 15 is 0 Å². The molecule has 1 fully saturated rings. The number of nitrogens with two attached hydrogens (primary N) is 1. The lowest BCUT2D eigenvalue weighted by Gasteiger charge is -2.36. The van der Waals surface area contributed by atoms with Gasteiger partial charge in [0.15, 0.2) is 0 Å². The second kappa shape index (κ2) is 5.88. The highest BCUT2D eigenvalue weighted by Gasteiger charge is 2.38. The maximum absolute atomic E-state index is 12.1. The minimum Gasteiger partial charge on any atom is -0.481 e. The van der Waals surface area contributed by atoms with Gasteiger partial charge in [0.25, 0.3) is 0 Å². The van der Waals surface area contributed by atoms with Gasteiger partial charge in [0.1, 0.15) is 0 Å². The molecule has 6 heteroatoms. The number of rotatable bonds is 5. The zero-order valence-corrected chi connectivity index (χ0v) is 11.6. The van der Waals surface area contributed by atoms with Crippen molar-refractivity contribution in [2.75, 3.05) is 6.54 Å². The number of carboxylic acids is 1. The van der Waals surface area contributed by atoms with Gasteiger partial charge in [-0.1, -0.05) is 19.8 Å². The van der Waals surface area contributed by atoms with Crippen molar-refractivity contribution in [2.24, 2.45) is 11.7 Å². The van der Waals surface area contributed by atoms with Crippen LogP contribution in [0.2, 0.25) is 0 Å². The monoisotopic (exact) mass is 272 g/mol. The van der Waals surface area contributed by atoms with Gasteiger partial charge in [-0.15, -0.1) is 0 Å². The Bertz CT molecular complexity index is 357. The summed E-state index contributed by atoms with van der Waals surface area (Å²) >= 11 is 0. The molecule has 5 N–H and O–H groups in total. The lowest BCUT2D eigenvalue weighted by atomic mass is 9.76. The SMILES string of the molecule is CC1CCCC(N)(C(=O)NCC(C)(O)CC(=O)O)C1. The van der Waals surface area contributed by atoms with Crippen molar-refractivity contribution in [1.82, 2.24) is 5.32 Å². The average Bonchev–Trinajstić information content (AvgIpc) is 2.23. The Hall–Kier alpha value is -1.14. The topological polar surface area (TPSA) is 113 Å². The molecule has 0 aromatic carbocycles. The van der Waals surface area contributed by atoms with E-state index in [0.717, 1.165) is 12.8 Å². The summed E-state index contributed by atoms with van der Waals surface area (Å²) in [7, 11) is 0. The van der Waals surface area contributed by atoms with E-state index in [1.807, 2.05) is 0 Å². The van der Waals surface area contributed by atoms with E-state index in [-0.39, 0.29) is 12.5 Å². The van der Waals surface area contributed by atoms with E-state index in [0.29, 0.717) is 18.8 Å². The molecule has 0 spiro atoms. The summed E-state index contributed by atoms with van der Waals surface area (Å²) in [6, 6.07) is 0. The van der Waals surface area contributed by atoms with Crippen LogP contribution in [0.4, 0.5) is 0 Å². The number of hydrogen-bond acceptors (Lipinski definition) is 4. The van der Waals surface area contributed by atoms with E-state index in [9.17, 15) is 14.7 Å². The van der Waals surface area contributed by atoms with E-state index in [4.69, 9.17) is 10.8 Å². The molecule has 3 unspecified atom stereocenters. The number of aliphatic carboxylic acids is 1. The first-order valence-corrected chi connectivity index (χ1v) is 6.66. The molecule has 1 amide bonds. The molecule has 0 bridgehead atoms. The van der Waals surface area contributed by atoms with Crippen molar-refractivity contribution in [3.05, 3.63) is 0 Å². The van der Waals surface area contributed by atoms with Crippen LogP contribution in [0.3, 0.4) is 0 Å². The van der Waals surface area contributed by atoms with Gasteiger partial charge in [0.2, 0.25) is 5.91 Å². The first-order valence-electron chi connectivity index (χ1n) is 6.66. The Morgan fingerprint density at radius 1 is 1.53 bits per heavy atom. The van der Waals surface area contributed by atoms with Crippen molar-refractivity contribution in [3.63, 3.8) is 0 Å². The Morgan fingerprint density at radius 3 is 2.68 bits per heavy atom. The molecule has 1 rings (SSSR count). The number of carboxylic acid groups (broad SMARTS) is 1. The van der Waals surface area contributed by atoms with E-state index in [2.05, 4.69) is 12.2 Å². The summed E-state index contributed by atoms with van der Waals surface area (Å²) in [4.78, 5) is 22.7. The van der Waals surface area contributed by atoms with Gasteiger partial charge < -0.3 is 21.3 Å². The molecule has 110 valence electrons. The van der Waals surface area contributed by atoms with Crippen LogP contribution in [0.15, 0.2) is 0 Å². The van der Waals surface area contributed by atoms with Crippen LogP contribution in [0.5, 0.6) is 0 Å². The molecule has 6 nitrogen and oxygen atoms in total. The van der Waals surface area contributed by atoms with Crippen LogP contribution in [0.1, 0.15) is 46.0 Å². The maximum atomic E-state index is 12.1. The second-order valence-electron chi connectivity index (χ2n) is 6.11. The molecule has 19 heavy (non-hydrogen) atoms. The average molecular weight is 272 g/mol. The van der Waals surface area contributed by atoms with Gasteiger partial charge in [-0.2, -0.15) is 0 Å². The highest BCUT2D eigenvalue weighted by Crippen LogP contribution is 2.30. The number of nitrogens with one attached hydrogen (secondary N) is 1. The van der Waals surface area contributed by atoms with Gasteiger partial charge in [0.05, 0.1) is 17.6 Å². The second-order valence-corrected chi connectivity index (χ2v) is 6.11. The number of hydrogen-bond donors (Lipinski definition) is 4. The third-order valence-corrected chi connectivity index (χ3v) is 3.65. The van der Waals surface area contributed by atoms with Crippen molar-refractivity contribution in [2.45, 2.75) is 57.1 Å². The van der Waals surface area contributed by atoms with Gasteiger partial charge in [-0.25, -0.2) is 0 Å². The minimum atomic E-state index is -1.46. The molecule has 1 aliphatic rings. The summed E-state index contributed by atoms with van der Waals surface area (Å²) in [5, 5.41) is 21.1. The lowest BCUT2D eigenvalue weighted by Crippen LogP contribution is -2.58. The third kappa shape index (κ3) is 4.80. The maximum Gasteiger partial charge on any atom is 0.306 e. The molecule has 1 saturated carbocycles. The summed E-state index contributed by atoms with van der Waals surface area (Å²) in [5.74, 6) is -0.998. The quantitative estimate of drug-likeness (QED) is 0.572. The first kappa shape index (κ1) is 15.9. The molecule has 0 aromatic heterocycles. The molecule has 3 atom stereocenters. The number of amides is 1. The molecular weight excluding hydrogens is 248 g/mol. The fourth-order valence-corrected chi connectivity index (χ4v) is 2.63. The Labute approximate surface area is 113 Å². The van der Waals surface area contributed by atoms with E-state index in [1.54, 1.807) is 0 Å². The van der Waals surface area contributed by atoms with Crippen LogP contribution in [-0.4, -0.2) is 39.8 Å². The van der Waals surface area contributed by atoms with Crippen LogP contribution in [0, 0.1) is 5.92 Å². The molecule has 0 aromatic rings. The molecular formula is C13H24N2O4. The summed E-state index contributed by atoms with van der Waals surface area (Å²) in [6.07, 6.45) is 2.82. The molecule has 1 aliphatic carbocycles. The minimum absolute atomic E-state index is 0.106. The summed E-state index contributed by atoms with van der Waals surface area (Å²) in [5.41, 5.74) is 3.76. The summed E-state index contributed by atoms with van der Waals surface area (Å²) in [6.45, 7) is 3.34. The van der Waals surface area contributed by atoms with Crippen molar-refractivity contribution < 1.29 is 19.8 Å². The summed E-state index contributed by atoms with van der Waals surface area (Å²) < 4.78 is 0. The van der Waals surface area contributed by atoms with Crippen LogP contribution in [0.25, 0.3) is 0 Å². The van der Waals surface area contributed by atoms with Crippen molar-refractivity contribution >= 4 is 11.9 Å². The van der Waals surface area contributed by atoms with Crippen LogP contribution in [-0.2, 0) is 9.59 Å². The van der Waals surface area contributed by atoms with Crippen LogP contribution < -0.4 is 11.1 Å². The van der Waals surface area contributed by atoms with Gasteiger partial charge >= 0.3 is 5.97 Å². The highest BCUT2D eigenvalue weighted by molar-refractivity contribution is 5.86. The van der Waals surface area contributed by atoms with E-state index < -0.39 is 23.5 Å². The Morgan fingerprint density at radius 2 is 2.16 bits per heavy atom. The number of carbonyl (C=O) groups excluding carboxylic acids is 1. The predicted octanol–water partition coefficient (Wildman–Crippen LogP) is 0.236. The van der Waals surface area contributed by atoms with E-state index in [1.165, 1.54) is 6.92 Å². The Balaban J connectivity index is 2.52. The van der Waals surface area contributed by atoms with Crippen LogP contribution >= 0.6 is 0 Å². The fraction of sp³-hybridized carbons (Fsp3) is 0.846. The third-order valence-electron chi connectivity index (χ3n) is 3.65. The molecule has 0 radical (unpaired) electrons. The first-order chi connectivity index (χ1) is 8.65. The standard InChI is InChI=1S/C13H24N2O4/c1-9-4-3-5-13(14,6-9)11(18)15-8-12(2,19)7-10(16)17/h9,19H,3-8,14H2,1-2H3,(H,15,18)(H,16,17). The molecule has 0 aliphatic heterocycles. The molecule has 0 saturated heterocycles. The van der Waals surface area contributed by atoms with Gasteiger partial charge in [-0.05, 0) is 25.7 Å². The molecule has 0 heterocycles. The zero-order chi connectivity index (χ0) is 14.7. The predicted molar refractivity (Wildman–Crippen MR) is 70.4 cm³/mol. The Kier molecular flexibility index (Phi) is 4.92. The smallest absolute Gasteiger partial charge is 0.306 e. The van der Waals surface area contributed by atoms with Gasteiger partial charge in [0, 0.05) is 6.54 Å².